The number of hydrogen-bond acceptors (Lipinski definition) is 3. The van der Waals surface area contributed by atoms with Crippen LogP contribution < -0.4 is 11.2 Å². The first-order chi connectivity index (χ1) is 10.0. The number of aromatic nitrogens is 4. The summed E-state index contributed by atoms with van der Waals surface area (Å²) in [5.41, 5.74) is 0.798. The molecule has 0 saturated heterocycles. The molecule has 0 radical (unpaired) electrons. The highest BCUT2D eigenvalue weighted by molar-refractivity contribution is 9.10. The van der Waals surface area contributed by atoms with Crippen LogP contribution in [0.25, 0.3) is 22.6 Å². The molecule has 1 N–H and O–H groups in total. The first kappa shape index (κ1) is 13.8. The Balaban J connectivity index is 2.46. The van der Waals surface area contributed by atoms with Crippen molar-refractivity contribution >= 4 is 27.1 Å². The van der Waals surface area contributed by atoms with Crippen LogP contribution >= 0.6 is 15.9 Å². The summed E-state index contributed by atoms with van der Waals surface area (Å²) < 4.78 is 4.04. The molecule has 2 heterocycles. The van der Waals surface area contributed by atoms with Gasteiger partial charge in [0, 0.05) is 23.6 Å². The Bertz CT molecular complexity index is 952. The number of rotatable bonds is 2. The molecule has 108 valence electrons. The molecule has 0 aliphatic rings. The van der Waals surface area contributed by atoms with Gasteiger partial charge >= 0.3 is 5.69 Å². The Hall–Kier alpha value is -2.15. The van der Waals surface area contributed by atoms with E-state index in [0.29, 0.717) is 23.5 Å². The van der Waals surface area contributed by atoms with Crippen LogP contribution in [0.2, 0.25) is 0 Å². The number of halogens is 1. The van der Waals surface area contributed by atoms with Crippen molar-refractivity contribution in [2.24, 2.45) is 7.05 Å². The smallest absolute Gasteiger partial charge is 0.321 e. The second kappa shape index (κ2) is 5.00. The van der Waals surface area contributed by atoms with Crippen LogP contribution in [-0.4, -0.2) is 19.1 Å². The van der Waals surface area contributed by atoms with Crippen molar-refractivity contribution in [3.63, 3.8) is 0 Å². The zero-order chi connectivity index (χ0) is 15.1. The number of aromatic amines is 1. The van der Waals surface area contributed by atoms with Crippen LogP contribution in [0.5, 0.6) is 0 Å². The van der Waals surface area contributed by atoms with Crippen LogP contribution in [0.4, 0.5) is 0 Å². The van der Waals surface area contributed by atoms with E-state index in [1.807, 2.05) is 31.2 Å². The number of nitrogens with one attached hydrogen (secondary N) is 1. The first-order valence-electron chi connectivity index (χ1n) is 6.49. The van der Waals surface area contributed by atoms with Gasteiger partial charge < -0.3 is 4.57 Å². The Morgan fingerprint density at radius 1 is 1.29 bits per heavy atom. The summed E-state index contributed by atoms with van der Waals surface area (Å²) in [6, 6.07) is 7.63. The van der Waals surface area contributed by atoms with Gasteiger partial charge in [0.1, 0.15) is 5.82 Å². The molecule has 0 amide bonds. The highest BCUT2D eigenvalue weighted by Gasteiger charge is 2.17. The van der Waals surface area contributed by atoms with E-state index in [4.69, 9.17) is 0 Å². The molecule has 3 rings (SSSR count). The maximum absolute atomic E-state index is 12.1. The lowest BCUT2D eigenvalue weighted by molar-refractivity contribution is 0.719. The van der Waals surface area contributed by atoms with Gasteiger partial charge in [-0.3, -0.25) is 14.3 Å². The number of nitrogens with zero attached hydrogens (tertiary/aromatic N) is 3. The van der Waals surface area contributed by atoms with Crippen LogP contribution in [0.1, 0.15) is 6.92 Å². The normalized spacial score (nSPS) is 11.2. The van der Waals surface area contributed by atoms with Gasteiger partial charge in [0.2, 0.25) is 0 Å². The maximum Gasteiger partial charge on any atom is 0.330 e. The third-order valence-corrected chi connectivity index (χ3v) is 4.14. The van der Waals surface area contributed by atoms with Gasteiger partial charge in [-0.05, 0) is 13.0 Å². The van der Waals surface area contributed by atoms with Crippen LogP contribution in [0, 0.1) is 0 Å². The van der Waals surface area contributed by atoms with E-state index in [0.717, 1.165) is 10.0 Å². The summed E-state index contributed by atoms with van der Waals surface area (Å²) in [5, 5.41) is 0. The number of H-pyrrole nitrogens is 1. The minimum Gasteiger partial charge on any atom is -0.321 e. The largest absolute Gasteiger partial charge is 0.330 e. The van der Waals surface area contributed by atoms with Crippen molar-refractivity contribution in [3.05, 3.63) is 49.6 Å². The standard InChI is InChI=1S/C14H13BrN4O2/c1-3-19-12-10(13(20)17-14(19)21)18(2)11(16-12)8-6-4-5-7-9(8)15/h4-7H,3H2,1-2H3,(H,17,20,21). The van der Waals surface area contributed by atoms with E-state index in [-0.39, 0.29) is 0 Å². The lowest BCUT2D eigenvalue weighted by Crippen LogP contribution is -2.30. The van der Waals surface area contributed by atoms with Gasteiger partial charge in [-0.15, -0.1) is 0 Å². The fourth-order valence-corrected chi connectivity index (χ4v) is 2.89. The fraction of sp³-hybridized carbons (Fsp3) is 0.214. The van der Waals surface area contributed by atoms with Gasteiger partial charge in [0.15, 0.2) is 11.2 Å². The van der Waals surface area contributed by atoms with E-state index in [1.165, 1.54) is 4.57 Å². The van der Waals surface area contributed by atoms with Crippen molar-refractivity contribution < 1.29 is 0 Å². The van der Waals surface area contributed by atoms with Crippen molar-refractivity contribution in [3.8, 4) is 11.4 Å². The van der Waals surface area contributed by atoms with Gasteiger partial charge in [-0.25, -0.2) is 9.78 Å². The number of imidazole rings is 1. The van der Waals surface area contributed by atoms with Gasteiger partial charge in [0.25, 0.3) is 5.56 Å². The predicted molar refractivity (Wildman–Crippen MR) is 84.4 cm³/mol. The van der Waals surface area contributed by atoms with E-state index in [1.54, 1.807) is 11.6 Å². The molecule has 0 saturated carbocycles. The second-order valence-electron chi connectivity index (χ2n) is 4.65. The topological polar surface area (TPSA) is 72.7 Å². The summed E-state index contributed by atoms with van der Waals surface area (Å²) in [6.07, 6.45) is 0. The molecule has 0 spiro atoms. The van der Waals surface area contributed by atoms with E-state index in [2.05, 4.69) is 25.9 Å². The average Bonchev–Trinajstić information content (AvgIpc) is 2.78. The van der Waals surface area contributed by atoms with Crippen LogP contribution in [0.15, 0.2) is 38.3 Å². The van der Waals surface area contributed by atoms with Crippen LogP contribution in [-0.2, 0) is 13.6 Å². The minimum absolute atomic E-state index is 0.391. The van der Waals surface area contributed by atoms with Gasteiger partial charge in [-0.1, -0.05) is 34.1 Å². The maximum atomic E-state index is 12.1. The first-order valence-corrected chi connectivity index (χ1v) is 7.28. The molecule has 7 heteroatoms. The quantitative estimate of drug-likeness (QED) is 0.768. The Morgan fingerprint density at radius 3 is 2.67 bits per heavy atom. The summed E-state index contributed by atoms with van der Waals surface area (Å²) in [5.74, 6) is 0.635. The number of benzene rings is 1. The zero-order valence-electron chi connectivity index (χ0n) is 11.6. The molecule has 6 nitrogen and oxygen atoms in total. The number of fused-ring (bicyclic) bond motifs is 1. The third-order valence-electron chi connectivity index (χ3n) is 3.44. The Labute approximate surface area is 128 Å². The SMILES string of the molecule is CCn1c(=O)[nH]c(=O)c2c1nc(-c1ccccc1Br)n2C. The van der Waals surface area contributed by atoms with Crippen molar-refractivity contribution in [2.45, 2.75) is 13.5 Å². The van der Waals surface area contributed by atoms with E-state index < -0.39 is 11.2 Å². The Morgan fingerprint density at radius 2 is 2.00 bits per heavy atom. The molecule has 0 unspecified atom stereocenters. The molecule has 3 aromatic rings. The van der Waals surface area contributed by atoms with Gasteiger partial charge in [0.05, 0.1) is 0 Å². The van der Waals surface area contributed by atoms with E-state index >= 15 is 0 Å². The molecule has 0 aliphatic heterocycles. The number of hydrogen-bond donors (Lipinski definition) is 1. The Kier molecular flexibility index (Phi) is 3.29. The molecule has 21 heavy (non-hydrogen) atoms. The molecule has 0 bridgehead atoms. The monoisotopic (exact) mass is 348 g/mol. The van der Waals surface area contributed by atoms with Crippen LogP contribution in [0.3, 0.4) is 0 Å². The summed E-state index contributed by atoms with van der Waals surface area (Å²) in [7, 11) is 1.77. The molecule has 1 aromatic carbocycles. The molecule has 0 fully saturated rings. The van der Waals surface area contributed by atoms with Gasteiger partial charge in [-0.2, -0.15) is 0 Å². The second-order valence-corrected chi connectivity index (χ2v) is 5.50. The number of aryl methyl sites for hydroxylation is 2. The van der Waals surface area contributed by atoms with Crippen molar-refractivity contribution in [2.75, 3.05) is 0 Å². The zero-order valence-corrected chi connectivity index (χ0v) is 13.1. The van der Waals surface area contributed by atoms with Crippen molar-refractivity contribution in [1.82, 2.24) is 19.1 Å². The molecule has 2 aromatic heterocycles. The molecular weight excluding hydrogens is 336 g/mol. The fourth-order valence-electron chi connectivity index (χ4n) is 2.42. The summed E-state index contributed by atoms with van der Waals surface area (Å²) in [6.45, 7) is 2.28. The average molecular weight is 349 g/mol. The van der Waals surface area contributed by atoms with E-state index in [9.17, 15) is 9.59 Å². The lowest BCUT2D eigenvalue weighted by Gasteiger charge is -2.03. The molecular formula is C14H13BrN4O2. The predicted octanol–water partition coefficient (Wildman–Crippen LogP) is 1.87. The summed E-state index contributed by atoms with van der Waals surface area (Å²) >= 11 is 3.49. The minimum atomic E-state index is -0.438. The highest BCUT2D eigenvalue weighted by atomic mass is 79.9. The molecule has 0 aliphatic carbocycles. The molecule has 0 atom stereocenters. The third kappa shape index (κ3) is 2.04. The highest BCUT2D eigenvalue weighted by Crippen LogP contribution is 2.28. The summed E-state index contributed by atoms with van der Waals surface area (Å²) in [4.78, 5) is 30.8. The lowest BCUT2D eigenvalue weighted by atomic mass is 10.2. The van der Waals surface area contributed by atoms with Crippen molar-refractivity contribution in [1.29, 1.82) is 0 Å².